The van der Waals surface area contributed by atoms with Crippen LogP contribution in [0.25, 0.3) is 16.7 Å². The van der Waals surface area contributed by atoms with Gasteiger partial charge in [-0.1, -0.05) is 43.5 Å². The lowest BCUT2D eigenvalue weighted by Crippen LogP contribution is -2.37. The Hall–Kier alpha value is -3.54. The van der Waals surface area contributed by atoms with Gasteiger partial charge in [0.1, 0.15) is 17.2 Å². The second-order valence-electron chi connectivity index (χ2n) is 7.81. The van der Waals surface area contributed by atoms with Crippen LogP contribution < -0.4 is 9.58 Å². The van der Waals surface area contributed by atoms with E-state index in [9.17, 15) is 10.3 Å². The van der Waals surface area contributed by atoms with Gasteiger partial charge < -0.3 is 15.1 Å². The van der Waals surface area contributed by atoms with Crippen molar-refractivity contribution >= 4 is 11.0 Å². The zero-order chi connectivity index (χ0) is 20.5. The fourth-order valence-electron chi connectivity index (χ4n) is 4.22. The van der Waals surface area contributed by atoms with Gasteiger partial charge in [0.2, 0.25) is 5.52 Å². The van der Waals surface area contributed by atoms with Gasteiger partial charge in [-0.05, 0) is 65.5 Å². The molecule has 3 aromatic carbocycles. The maximum Gasteiger partial charge on any atom is 0.253 e. The highest BCUT2D eigenvalue weighted by atomic mass is 16.5. The van der Waals surface area contributed by atoms with Crippen molar-refractivity contribution in [3.63, 3.8) is 0 Å². The molecule has 30 heavy (non-hydrogen) atoms. The summed E-state index contributed by atoms with van der Waals surface area (Å²) in [4.78, 5) is 1.93. The molecule has 1 aliphatic carbocycles. The molecule has 0 atom stereocenters. The van der Waals surface area contributed by atoms with Crippen molar-refractivity contribution in [3.8, 4) is 22.9 Å². The first-order valence-electron chi connectivity index (χ1n) is 10.4. The second-order valence-corrected chi connectivity index (χ2v) is 7.81. The molecule has 6 nitrogen and oxygen atoms in total. The summed E-state index contributed by atoms with van der Waals surface area (Å²) >= 11 is 0. The molecule has 1 N–H and O–H groups in total. The predicted molar refractivity (Wildman–Crippen MR) is 114 cm³/mol. The zero-order valence-corrected chi connectivity index (χ0v) is 16.6. The van der Waals surface area contributed by atoms with E-state index < -0.39 is 0 Å². The largest absolute Gasteiger partial charge is 0.692 e. The second kappa shape index (κ2) is 7.71. The number of ether oxygens (including phenoxy) is 1. The predicted octanol–water partition coefficient (Wildman–Crippen LogP) is 5.20. The Balaban J connectivity index is 1.52. The molecule has 1 aliphatic rings. The maximum atomic E-state index is 12.9. The fourth-order valence-corrected chi connectivity index (χ4v) is 4.22. The van der Waals surface area contributed by atoms with Gasteiger partial charge in [-0.15, -0.1) is 4.85 Å². The smallest absolute Gasteiger partial charge is 0.253 e. The van der Waals surface area contributed by atoms with Crippen molar-refractivity contribution in [3.05, 3.63) is 77.5 Å². The average Bonchev–Trinajstić information content (AvgIpc) is 3.11. The molecule has 0 radical (unpaired) electrons. The van der Waals surface area contributed by atoms with Gasteiger partial charge in [0.05, 0.1) is 5.10 Å². The van der Waals surface area contributed by atoms with E-state index >= 15 is 0 Å². The van der Waals surface area contributed by atoms with E-state index in [0.29, 0.717) is 39.0 Å². The minimum atomic E-state index is 0.0349. The lowest BCUT2D eigenvalue weighted by Gasteiger charge is -2.22. The quantitative estimate of drug-likeness (QED) is 0.376. The maximum absolute atomic E-state index is 12.9. The number of para-hydroxylation sites is 1. The Bertz CT molecular complexity index is 1180. The molecule has 1 heterocycles. The Morgan fingerprint density at radius 1 is 0.933 bits per heavy atom. The van der Waals surface area contributed by atoms with Crippen LogP contribution in [0.1, 0.15) is 43.6 Å². The molecular formula is C24H23N3O3. The summed E-state index contributed by atoms with van der Waals surface area (Å²) in [6, 6.07) is 20.1. The molecule has 0 bridgehead atoms. The lowest BCUT2D eigenvalue weighted by molar-refractivity contribution is -0.664. The van der Waals surface area contributed by atoms with Gasteiger partial charge >= 0.3 is 0 Å². The van der Waals surface area contributed by atoms with Crippen molar-refractivity contribution in [1.29, 1.82) is 0 Å². The third-order valence-corrected chi connectivity index (χ3v) is 5.80. The van der Waals surface area contributed by atoms with Crippen molar-refractivity contribution in [2.24, 2.45) is 0 Å². The minimum absolute atomic E-state index is 0.0349. The minimum Gasteiger partial charge on any atom is -0.692 e. The molecular weight excluding hydrogens is 378 g/mol. The number of fused-ring (bicyclic) bond motifs is 1. The molecule has 4 aromatic rings. The van der Waals surface area contributed by atoms with Crippen LogP contribution in [0.15, 0.2) is 66.7 Å². The summed E-state index contributed by atoms with van der Waals surface area (Å²) in [5, 5.41) is 27.8. The van der Waals surface area contributed by atoms with Crippen LogP contribution in [-0.4, -0.2) is 15.0 Å². The number of hydrogen-bond donors (Lipinski definition) is 1. The average molecular weight is 401 g/mol. The number of aromatic nitrogens is 3. The summed E-state index contributed by atoms with van der Waals surface area (Å²) < 4.78 is 5.85. The monoisotopic (exact) mass is 401 g/mol. The molecule has 1 saturated carbocycles. The number of aromatic hydroxyl groups is 1. The normalized spacial score (nSPS) is 14.8. The molecule has 0 unspecified atom stereocenters. The number of nitrogens with zero attached hydrogens (tertiary/aromatic N) is 3. The van der Waals surface area contributed by atoms with Crippen molar-refractivity contribution in [2.75, 3.05) is 0 Å². The Morgan fingerprint density at radius 3 is 2.53 bits per heavy atom. The number of rotatable bonds is 4. The SMILES string of the molecule is [O-][n+]1c2ccc(Oc3ccccc3)cc2nn1-c1cc(C2CCCCC2)ccc1O. The standard InChI is InChI=1S/C24H23N3O3/c28-24-14-11-18(17-7-3-1-4-8-17)15-23(24)26-25-21-16-20(12-13-22(21)27(26)29)30-19-9-5-2-6-10-19/h2,5-6,9-17,28H,1,3-4,7-8H2. The summed E-state index contributed by atoms with van der Waals surface area (Å²) in [6.45, 7) is 0. The van der Waals surface area contributed by atoms with Crippen LogP contribution in [0.2, 0.25) is 0 Å². The van der Waals surface area contributed by atoms with Crippen molar-refractivity contribution in [1.82, 2.24) is 9.90 Å². The molecule has 6 heteroatoms. The summed E-state index contributed by atoms with van der Waals surface area (Å²) in [6.07, 6.45) is 6.00. The van der Waals surface area contributed by atoms with Crippen LogP contribution >= 0.6 is 0 Å². The van der Waals surface area contributed by atoms with Crippen LogP contribution in [0.4, 0.5) is 0 Å². The summed E-state index contributed by atoms with van der Waals surface area (Å²) in [7, 11) is 0. The van der Waals surface area contributed by atoms with Crippen LogP contribution in [0.5, 0.6) is 17.2 Å². The van der Waals surface area contributed by atoms with Crippen molar-refractivity contribution < 1.29 is 14.7 Å². The van der Waals surface area contributed by atoms with Crippen LogP contribution in [0.3, 0.4) is 0 Å². The highest BCUT2D eigenvalue weighted by Gasteiger charge is 2.22. The molecule has 152 valence electrons. The number of hydrogen-bond acceptors (Lipinski definition) is 4. The summed E-state index contributed by atoms with van der Waals surface area (Å²) in [5.41, 5.74) is 2.46. The van der Waals surface area contributed by atoms with Crippen LogP contribution in [0, 0.1) is 5.21 Å². The topological polar surface area (TPSA) is 74.2 Å². The number of phenolic OH excluding ortho intramolecular Hbond substituents is 1. The van der Waals surface area contributed by atoms with Gasteiger partial charge in [0, 0.05) is 6.07 Å². The lowest BCUT2D eigenvalue weighted by atomic mass is 9.84. The van der Waals surface area contributed by atoms with E-state index in [1.165, 1.54) is 24.1 Å². The molecule has 1 aromatic heterocycles. The first-order chi connectivity index (χ1) is 14.7. The van der Waals surface area contributed by atoms with E-state index in [4.69, 9.17) is 4.74 Å². The van der Waals surface area contributed by atoms with E-state index in [-0.39, 0.29) is 5.75 Å². The first-order valence-corrected chi connectivity index (χ1v) is 10.4. The first kappa shape index (κ1) is 18.5. The molecule has 0 aliphatic heterocycles. The van der Waals surface area contributed by atoms with E-state index in [1.54, 1.807) is 24.3 Å². The Labute approximate surface area is 174 Å². The van der Waals surface area contributed by atoms with E-state index in [1.807, 2.05) is 42.5 Å². The molecule has 1 fully saturated rings. The third kappa shape index (κ3) is 3.45. The molecule has 0 saturated heterocycles. The van der Waals surface area contributed by atoms with Crippen LogP contribution in [-0.2, 0) is 0 Å². The Morgan fingerprint density at radius 2 is 1.73 bits per heavy atom. The van der Waals surface area contributed by atoms with Gasteiger partial charge in [-0.25, -0.2) is 0 Å². The zero-order valence-electron chi connectivity index (χ0n) is 16.6. The third-order valence-electron chi connectivity index (χ3n) is 5.80. The Kier molecular flexibility index (Phi) is 4.75. The molecule has 5 rings (SSSR count). The van der Waals surface area contributed by atoms with Gasteiger partial charge in [0.25, 0.3) is 5.52 Å². The summed E-state index contributed by atoms with van der Waals surface area (Å²) in [5.74, 6) is 1.81. The van der Waals surface area contributed by atoms with Gasteiger partial charge in [-0.2, -0.15) is 0 Å². The molecule has 0 spiro atoms. The van der Waals surface area contributed by atoms with Crippen molar-refractivity contribution in [2.45, 2.75) is 38.0 Å². The highest BCUT2D eigenvalue weighted by Crippen LogP contribution is 2.35. The van der Waals surface area contributed by atoms with E-state index in [0.717, 1.165) is 18.4 Å². The fraction of sp³-hybridized carbons (Fsp3) is 0.250. The van der Waals surface area contributed by atoms with Gasteiger partial charge in [0.15, 0.2) is 5.69 Å². The number of phenols is 1. The highest BCUT2D eigenvalue weighted by molar-refractivity contribution is 5.73. The number of benzene rings is 3. The van der Waals surface area contributed by atoms with Gasteiger partial charge in [-0.3, -0.25) is 0 Å². The van der Waals surface area contributed by atoms with E-state index in [2.05, 4.69) is 5.10 Å². The molecule has 0 amide bonds.